The maximum atomic E-state index is 12.5. The van der Waals surface area contributed by atoms with Crippen LogP contribution >= 0.6 is 23.1 Å². The Morgan fingerprint density at radius 1 is 1.15 bits per heavy atom. The minimum atomic E-state index is -0.429. The Kier molecular flexibility index (Phi) is 5.29. The summed E-state index contributed by atoms with van der Waals surface area (Å²) in [6.45, 7) is 5.56. The van der Waals surface area contributed by atoms with Gasteiger partial charge in [0.15, 0.2) is 0 Å². The summed E-state index contributed by atoms with van der Waals surface area (Å²) in [7, 11) is 0. The molecule has 0 spiro atoms. The van der Waals surface area contributed by atoms with Crippen LogP contribution in [-0.2, 0) is 9.59 Å². The second-order valence-electron chi connectivity index (χ2n) is 6.01. The summed E-state index contributed by atoms with van der Waals surface area (Å²) in [5.41, 5.74) is 2.71. The van der Waals surface area contributed by atoms with E-state index in [0.717, 1.165) is 37.5 Å². The van der Waals surface area contributed by atoms with Gasteiger partial charge in [0.2, 0.25) is 5.91 Å². The number of anilines is 1. The van der Waals surface area contributed by atoms with E-state index in [2.05, 4.69) is 5.32 Å². The Bertz CT molecular complexity index is 931. The highest BCUT2D eigenvalue weighted by Gasteiger charge is 2.36. The molecule has 2 heterocycles. The van der Waals surface area contributed by atoms with E-state index >= 15 is 0 Å². The van der Waals surface area contributed by atoms with Gasteiger partial charge in [0.25, 0.3) is 11.1 Å². The van der Waals surface area contributed by atoms with Crippen LogP contribution in [0.15, 0.2) is 35.2 Å². The van der Waals surface area contributed by atoms with E-state index in [4.69, 9.17) is 0 Å². The van der Waals surface area contributed by atoms with Crippen molar-refractivity contribution in [1.29, 1.82) is 0 Å². The molecule has 26 heavy (non-hydrogen) atoms. The average molecular weight is 386 g/mol. The number of hydrogen-bond donors (Lipinski definition) is 1. The lowest BCUT2D eigenvalue weighted by atomic mass is 10.1. The number of hydrogen-bond acceptors (Lipinski definition) is 5. The number of thiophene rings is 1. The molecule has 0 bridgehead atoms. The molecule has 1 aliphatic heterocycles. The van der Waals surface area contributed by atoms with Gasteiger partial charge in [0, 0.05) is 15.4 Å². The van der Waals surface area contributed by atoms with Crippen LogP contribution in [0.4, 0.5) is 10.5 Å². The van der Waals surface area contributed by atoms with Crippen molar-refractivity contribution in [1.82, 2.24) is 4.90 Å². The molecule has 0 radical (unpaired) electrons. The normalized spacial score (nSPS) is 15.8. The number of carbonyl (C=O) groups is 3. The van der Waals surface area contributed by atoms with Gasteiger partial charge in [-0.15, -0.1) is 11.3 Å². The van der Waals surface area contributed by atoms with Crippen LogP contribution in [0, 0.1) is 20.8 Å². The van der Waals surface area contributed by atoms with Crippen LogP contribution in [0.25, 0.3) is 6.08 Å². The Hall–Kier alpha value is -2.38. The van der Waals surface area contributed by atoms with Crippen molar-refractivity contribution in [3.05, 3.63) is 56.1 Å². The smallest absolute Gasteiger partial charge is 0.294 e. The fourth-order valence-corrected chi connectivity index (χ4v) is 4.24. The molecule has 1 fully saturated rings. The van der Waals surface area contributed by atoms with E-state index in [9.17, 15) is 14.4 Å². The van der Waals surface area contributed by atoms with E-state index in [-0.39, 0.29) is 6.54 Å². The molecule has 0 unspecified atom stereocenters. The number of carbonyl (C=O) groups excluding carboxylic acids is 3. The topological polar surface area (TPSA) is 66.5 Å². The number of amides is 3. The van der Waals surface area contributed by atoms with E-state index in [1.54, 1.807) is 23.5 Å². The Labute approximate surface area is 160 Å². The summed E-state index contributed by atoms with van der Waals surface area (Å²) in [6.07, 6.45) is 1.70. The Morgan fingerprint density at radius 2 is 1.92 bits per heavy atom. The number of benzene rings is 1. The van der Waals surface area contributed by atoms with Crippen LogP contribution in [-0.4, -0.2) is 28.5 Å². The van der Waals surface area contributed by atoms with Crippen molar-refractivity contribution in [2.45, 2.75) is 20.8 Å². The molecule has 2 aromatic rings. The van der Waals surface area contributed by atoms with E-state index in [1.807, 2.05) is 45.0 Å². The molecule has 1 aliphatic rings. The predicted molar refractivity (Wildman–Crippen MR) is 106 cm³/mol. The van der Waals surface area contributed by atoms with Gasteiger partial charge in [-0.1, -0.05) is 12.1 Å². The zero-order chi connectivity index (χ0) is 18.8. The third kappa shape index (κ3) is 3.89. The molecule has 7 heteroatoms. The Morgan fingerprint density at radius 3 is 2.62 bits per heavy atom. The van der Waals surface area contributed by atoms with Gasteiger partial charge in [-0.2, -0.15) is 0 Å². The summed E-state index contributed by atoms with van der Waals surface area (Å²) in [4.78, 5) is 40.3. The third-order valence-corrected chi connectivity index (χ3v) is 5.94. The number of nitrogens with one attached hydrogen (secondary N) is 1. The lowest BCUT2D eigenvalue weighted by Gasteiger charge is -2.14. The van der Waals surface area contributed by atoms with Crippen molar-refractivity contribution in [2.75, 3.05) is 11.9 Å². The summed E-state index contributed by atoms with van der Waals surface area (Å²) >= 11 is 2.41. The van der Waals surface area contributed by atoms with E-state index in [0.29, 0.717) is 10.6 Å². The Balaban J connectivity index is 1.70. The van der Waals surface area contributed by atoms with Gasteiger partial charge in [-0.05, 0) is 67.9 Å². The van der Waals surface area contributed by atoms with Crippen LogP contribution < -0.4 is 5.32 Å². The molecule has 1 aromatic heterocycles. The van der Waals surface area contributed by atoms with Crippen LogP contribution in [0.3, 0.4) is 0 Å². The minimum absolute atomic E-state index is 0.293. The van der Waals surface area contributed by atoms with Crippen LogP contribution in [0.1, 0.15) is 20.9 Å². The number of thioether (sulfide) groups is 1. The highest BCUT2D eigenvalue weighted by Crippen LogP contribution is 2.33. The molecule has 1 aromatic carbocycles. The van der Waals surface area contributed by atoms with Crippen molar-refractivity contribution < 1.29 is 14.4 Å². The van der Waals surface area contributed by atoms with Crippen molar-refractivity contribution in [2.24, 2.45) is 0 Å². The lowest BCUT2D eigenvalue weighted by Crippen LogP contribution is -2.36. The lowest BCUT2D eigenvalue weighted by molar-refractivity contribution is -0.127. The number of nitrogens with zero attached hydrogens (tertiary/aromatic N) is 1. The maximum Gasteiger partial charge on any atom is 0.294 e. The van der Waals surface area contributed by atoms with Gasteiger partial charge in [-0.25, -0.2) is 0 Å². The summed E-state index contributed by atoms with van der Waals surface area (Å²) in [5, 5.41) is 2.35. The first-order chi connectivity index (χ1) is 12.3. The first-order valence-electron chi connectivity index (χ1n) is 8.03. The molecule has 3 amide bonds. The molecular formula is C19H18N2O3S2. The maximum absolute atomic E-state index is 12.5. The number of aryl methyl sites for hydroxylation is 2. The van der Waals surface area contributed by atoms with Gasteiger partial charge < -0.3 is 5.32 Å². The number of rotatable bonds is 4. The molecule has 3 rings (SSSR count). The van der Waals surface area contributed by atoms with Gasteiger partial charge in [0.1, 0.15) is 6.54 Å². The molecule has 0 atom stereocenters. The summed E-state index contributed by atoms with van der Waals surface area (Å²) in [6, 6.07) is 9.47. The second-order valence-corrected chi connectivity index (χ2v) is 8.32. The molecule has 0 aliphatic carbocycles. The van der Waals surface area contributed by atoms with Crippen molar-refractivity contribution in [3.8, 4) is 0 Å². The standard InChI is InChI=1S/C19H18N2O3S2/c1-11-5-4-6-15(13(11)3)20-17(22)10-21-18(23)16(26-19(21)24)9-14-8-7-12(2)25-14/h4-9H,10H2,1-3H3,(H,20,22)/b16-9+. The van der Waals surface area contributed by atoms with Gasteiger partial charge in [0.05, 0.1) is 4.91 Å². The largest absolute Gasteiger partial charge is 0.324 e. The average Bonchev–Trinajstić information content (AvgIpc) is 3.10. The van der Waals surface area contributed by atoms with Crippen LogP contribution in [0.5, 0.6) is 0 Å². The van der Waals surface area contributed by atoms with Crippen LogP contribution in [0.2, 0.25) is 0 Å². The first kappa shape index (κ1) is 18.4. The summed E-state index contributed by atoms with van der Waals surface area (Å²) in [5.74, 6) is -0.823. The highest BCUT2D eigenvalue weighted by atomic mass is 32.2. The van der Waals surface area contributed by atoms with Gasteiger partial charge >= 0.3 is 0 Å². The SMILES string of the molecule is Cc1ccc(/C=C2/SC(=O)N(CC(=O)Nc3cccc(C)c3C)C2=O)s1. The molecule has 1 N–H and O–H groups in total. The van der Waals surface area contributed by atoms with E-state index in [1.165, 1.54) is 0 Å². The number of imide groups is 1. The molecule has 0 saturated carbocycles. The second kappa shape index (κ2) is 7.47. The predicted octanol–water partition coefficient (Wildman–Crippen LogP) is 4.35. The van der Waals surface area contributed by atoms with Crippen molar-refractivity contribution >= 4 is 51.9 Å². The fourth-order valence-electron chi connectivity index (χ4n) is 2.52. The highest BCUT2D eigenvalue weighted by molar-refractivity contribution is 8.18. The monoisotopic (exact) mass is 386 g/mol. The first-order valence-corrected chi connectivity index (χ1v) is 9.66. The quantitative estimate of drug-likeness (QED) is 0.794. The molecule has 1 saturated heterocycles. The fraction of sp³-hybridized carbons (Fsp3) is 0.211. The minimum Gasteiger partial charge on any atom is -0.324 e. The third-order valence-electron chi connectivity index (χ3n) is 4.09. The molecule has 5 nitrogen and oxygen atoms in total. The van der Waals surface area contributed by atoms with E-state index < -0.39 is 17.1 Å². The molecular weight excluding hydrogens is 368 g/mol. The zero-order valence-electron chi connectivity index (χ0n) is 14.7. The molecule has 134 valence electrons. The van der Waals surface area contributed by atoms with Crippen molar-refractivity contribution in [3.63, 3.8) is 0 Å². The van der Waals surface area contributed by atoms with Gasteiger partial charge in [-0.3, -0.25) is 19.3 Å². The zero-order valence-corrected chi connectivity index (χ0v) is 16.3. The summed E-state index contributed by atoms with van der Waals surface area (Å²) < 4.78 is 0.